The van der Waals surface area contributed by atoms with Gasteiger partial charge >= 0.3 is 0 Å². The molecule has 0 bridgehead atoms. The molecule has 2 heterocycles. The van der Waals surface area contributed by atoms with Gasteiger partial charge in [0.2, 0.25) is 0 Å². The van der Waals surface area contributed by atoms with E-state index in [4.69, 9.17) is 18.9 Å². The molecule has 0 saturated carbocycles. The van der Waals surface area contributed by atoms with Crippen LogP contribution in [0.15, 0.2) is 42.0 Å². The smallest absolute Gasteiger partial charge is 0.295 e. The van der Waals surface area contributed by atoms with E-state index in [0.29, 0.717) is 60.4 Å². The van der Waals surface area contributed by atoms with E-state index >= 15 is 0 Å². The maximum Gasteiger partial charge on any atom is 0.295 e. The van der Waals surface area contributed by atoms with Crippen LogP contribution in [0.4, 0.5) is 0 Å². The van der Waals surface area contributed by atoms with Crippen LogP contribution in [0.5, 0.6) is 23.0 Å². The zero-order valence-electron chi connectivity index (χ0n) is 19.7. The molecule has 34 heavy (non-hydrogen) atoms. The van der Waals surface area contributed by atoms with Crippen molar-refractivity contribution in [1.29, 1.82) is 0 Å². The van der Waals surface area contributed by atoms with Gasteiger partial charge in [-0.05, 0) is 50.0 Å². The van der Waals surface area contributed by atoms with Gasteiger partial charge in [-0.1, -0.05) is 6.07 Å². The van der Waals surface area contributed by atoms with Crippen LogP contribution in [-0.4, -0.2) is 81.2 Å². The standard InChI is InChI=1S/C25H28N2O7/c1-26(2)9-10-27-22(15-5-7-17(31-3)19(13-15)32-4)21(24(29)25(27)30)23(28)16-6-8-18-20(14-16)34-12-11-33-18/h5-8,13-14,22,28H,9-12H2,1-4H3/t22-/m0/s1. The highest BCUT2D eigenvalue weighted by Gasteiger charge is 2.46. The van der Waals surface area contributed by atoms with Crippen molar-refractivity contribution in [2.45, 2.75) is 6.04 Å². The molecule has 9 nitrogen and oxygen atoms in total. The van der Waals surface area contributed by atoms with E-state index in [-0.39, 0.29) is 11.3 Å². The molecule has 1 atom stereocenters. The Hall–Kier alpha value is -3.72. The van der Waals surface area contributed by atoms with E-state index in [2.05, 4.69) is 0 Å². The number of amides is 1. The van der Waals surface area contributed by atoms with Crippen LogP contribution in [0.25, 0.3) is 5.76 Å². The van der Waals surface area contributed by atoms with Gasteiger partial charge in [0.05, 0.1) is 25.8 Å². The predicted molar refractivity (Wildman–Crippen MR) is 125 cm³/mol. The first-order valence-electron chi connectivity index (χ1n) is 10.9. The normalized spacial score (nSPS) is 19.0. The Morgan fingerprint density at radius 1 is 1.03 bits per heavy atom. The minimum Gasteiger partial charge on any atom is -0.507 e. The third-order valence-corrected chi connectivity index (χ3v) is 5.87. The summed E-state index contributed by atoms with van der Waals surface area (Å²) < 4.78 is 21.9. The molecule has 0 radical (unpaired) electrons. The number of Topliss-reactive ketones (excluding diaryl/α,β-unsaturated/α-hetero) is 1. The lowest BCUT2D eigenvalue weighted by Crippen LogP contribution is -2.35. The fourth-order valence-electron chi connectivity index (χ4n) is 4.13. The molecule has 180 valence electrons. The number of ether oxygens (including phenoxy) is 4. The van der Waals surface area contributed by atoms with E-state index < -0.39 is 17.7 Å². The average Bonchev–Trinajstić information content (AvgIpc) is 3.11. The lowest BCUT2D eigenvalue weighted by atomic mass is 9.94. The van der Waals surface area contributed by atoms with E-state index in [9.17, 15) is 14.7 Å². The van der Waals surface area contributed by atoms with Gasteiger partial charge in [-0.15, -0.1) is 0 Å². The Morgan fingerprint density at radius 3 is 2.41 bits per heavy atom. The summed E-state index contributed by atoms with van der Waals surface area (Å²) >= 11 is 0. The molecular weight excluding hydrogens is 440 g/mol. The Kier molecular flexibility index (Phi) is 6.65. The number of fused-ring (bicyclic) bond motifs is 1. The number of likely N-dealkylation sites (N-methyl/N-ethyl adjacent to an activating group) is 1. The van der Waals surface area contributed by atoms with Crippen molar-refractivity contribution in [2.75, 3.05) is 54.6 Å². The summed E-state index contributed by atoms with van der Waals surface area (Å²) in [5.41, 5.74) is 0.989. The Bertz CT molecular complexity index is 1140. The number of hydrogen-bond donors (Lipinski definition) is 1. The number of ketones is 1. The molecule has 2 aliphatic heterocycles. The van der Waals surface area contributed by atoms with Gasteiger partial charge in [0.25, 0.3) is 11.7 Å². The number of nitrogens with zero attached hydrogens (tertiary/aromatic N) is 2. The fourth-order valence-corrected chi connectivity index (χ4v) is 4.13. The number of rotatable bonds is 7. The van der Waals surface area contributed by atoms with E-state index in [1.165, 1.54) is 19.1 Å². The fraction of sp³-hybridized carbons (Fsp3) is 0.360. The Morgan fingerprint density at radius 2 is 1.74 bits per heavy atom. The number of aliphatic hydroxyl groups excluding tert-OH is 1. The number of likely N-dealkylation sites (tertiary alicyclic amines) is 1. The molecule has 2 aliphatic rings. The van der Waals surface area contributed by atoms with Crippen LogP contribution in [0.1, 0.15) is 17.2 Å². The average molecular weight is 469 g/mol. The Balaban J connectivity index is 1.85. The van der Waals surface area contributed by atoms with Gasteiger partial charge in [0, 0.05) is 18.7 Å². The van der Waals surface area contributed by atoms with Crippen LogP contribution in [-0.2, 0) is 9.59 Å². The zero-order chi connectivity index (χ0) is 24.4. The van der Waals surface area contributed by atoms with Crippen molar-refractivity contribution in [2.24, 2.45) is 0 Å². The number of benzene rings is 2. The highest BCUT2D eigenvalue weighted by Crippen LogP contribution is 2.42. The second-order valence-electron chi connectivity index (χ2n) is 8.27. The molecule has 9 heteroatoms. The molecule has 2 aromatic carbocycles. The number of aliphatic hydroxyl groups is 1. The van der Waals surface area contributed by atoms with Gasteiger partial charge in [0.15, 0.2) is 23.0 Å². The molecule has 2 aromatic rings. The molecule has 0 aromatic heterocycles. The molecule has 0 unspecified atom stereocenters. The van der Waals surface area contributed by atoms with Crippen LogP contribution in [0.2, 0.25) is 0 Å². The second kappa shape index (κ2) is 9.64. The van der Waals surface area contributed by atoms with Crippen LogP contribution in [0.3, 0.4) is 0 Å². The van der Waals surface area contributed by atoms with Crippen molar-refractivity contribution in [3.8, 4) is 23.0 Å². The first-order chi connectivity index (χ1) is 16.3. The zero-order valence-corrected chi connectivity index (χ0v) is 19.7. The lowest BCUT2D eigenvalue weighted by molar-refractivity contribution is -0.140. The topological polar surface area (TPSA) is 97.8 Å². The third kappa shape index (κ3) is 4.26. The summed E-state index contributed by atoms with van der Waals surface area (Å²) in [6.07, 6.45) is 0. The van der Waals surface area contributed by atoms with Crippen LogP contribution < -0.4 is 18.9 Å². The molecule has 4 rings (SSSR count). The minimum absolute atomic E-state index is 0.00709. The van der Waals surface area contributed by atoms with Crippen molar-refractivity contribution in [3.63, 3.8) is 0 Å². The van der Waals surface area contributed by atoms with Gasteiger partial charge in [-0.3, -0.25) is 9.59 Å². The Labute approximate surface area is 198 Å². The lowest BCUT2D eigenvalue weighted by Gasteiger charge is -2.27. The quantitative estimate of drug-likeness (QED) is 0.376. The number of hydrogen-bond acceptors (Lipinski definition) is 8. The van der Waals surface area contributed by atoms with Gasteiger partial charge in [-0.2, -0.15) is 0 Å². The minimum atomic E-state index is -0.798. The molecule has 0 aliphatic carbocycles. The number of methoxy groups -OCH3 is 2. The first-order valence-corrected chi connectivity index (χ1v) is 10.9. The SMILES string of the molecule is COc1ccc([C@H]2C(=C(O)c3ccc4c(c3)OCCO4)C(=O)C(=O)N2CCN(C)C)cc1OC. The van der Waals surface area contributed by atoms with Crippen LogP contribution >= 0.6 is 0 Å². The van der Waals surface area contributed by atoms with E-state index in [0.717, 1.165) is 0 Å². The van der Waals surface area contributed by atoms with Crippen molar-refractivity contribution < 1.29 is 33.6 Å². The van der Waals surface area contributed by atoms with Crippen molar-refractivity contribution >= 4 is 17.4 Å². The van der Waals surface area contributed by atoms with Crippen LogP contribution in [0, 0.1) is 0 Å². The first kappa shape index (κ1) is 23.4. The number of carbonyl (C=O) groups excluding carboxylic acids is 2. The highest BCUT2D eigenvalue weighted by molar-refractivity contribution is 6.46. The number of carbonyl (C=O) groups is 2. The summed E-state index contributed by atoms with van der Waals surface area (Å²) in [6, 6.07) is 9.33. The monoisotopic (exact) mass is 468 g/mol. The summed E-state index contributed by atoms with van der Waals surface area (Å²) in [5, 5.41) is 11.3. The summed E-state index contributed by atoms with van der Waals surface area (Å²) in [7, 11) is 6.82. The van der Waals surface area contributed by atoms with Crippen molar-refractivity contribution in [3.05, 3.63) is 53.1 Å². The maximum absolute atomic E-state index is 13.2. The molecule has 1 amide bonds. The highest BCUT2D eigenvalue weighted by atomic mass is 16.6. The third-order valence-electron chi connectivity index (χ3n) is 5.87. The predicted octanol–water partition coefficient (Wildman–Crippen LogP) is 2.46. The maximum atomic E-state index is 13.2. The summed E-state index contributed by atoms with van der Waals surface area (Å²) in [6.45, 7) is 1.67. The van der Waals surface area contributed by atoms with Crippen molar-refractivity contribution in [1.82, 2.24) is 9.80 Å². The van der Waals surface area contributed by atoms with Gasteiger partial charge in [-0.25, -0.2) is 0 Å². The molecule has 1 saturated heterocycles. The van der Waals surface area contributed by atoms with E-state index in [1.807, 2.05) is 19.0 Å². The summed E-state index contributed by atoms with van der Waals surface area (Å²) in [4.78, 5) is 29.7. The van der Waals surface area contributed by atoms with Gasteiger partial charge < -0.3 is 33.9 Å². The molecule has 0 spiro atoms. The molecule has 1 N–H and O–H groups in total. The van der Waals surface area contributed by atoms with E-state index in [1.54, 1.807) is 36.4 Å². The largest absolute Gasteiger partial charge is 0.507 e. The molecular formula is C25H28N2O7. The molecule has 1 fully saturated rings. The summed E-state index contributed by atoms with van der Waals surface area (Å²) in [5.74, 6) is 0.320. The second-order valence-corrected chi connectivity index (χ2v) is 8.27. The van der Waals surface area contributed by atoms with Gasteiger partial charge in [0.1, 0.15) is 19.0 Å².